The highest BCUT2D eigenvalue weighted by molar-refractivity contribution is 6.18. The number of rotatable bonds is 3. The van der Waals surface area contributed by atoms with Crippen molar-refractivity contribution in [2.45, 2.75) is 0 Å². The lowest BCUT2D eigenvalue weighted by molar-refractivity contribution is 0.669. The highest BCUT2D eigenvalue weighted by atomic mass is 16.3. The summed E-state index contributed by atoms with van der Waals surface area (Å²) in [5.41, 5.74) is 11.3. The lowest BCUT2D eigenvalue weighted by atomic mass is 10.0. The Morgan fingerprint density at radius 3 is 1.73 bits per heavy atom. The molecule has 0 bridgehead atoms. The SMILES string of the molecule is c1ccc(-n2c3ccc(-c4ccc5c(c4)c4ccccc4n5-c4ccc5ccccc5c4)cc3c3cc4oc5ccccc5c4cc32)cc1. The minimum absolute atomic E-state index is 0.911. The van der Waals surface area contributed by atoms with Crippen LogP contribution in [0.15, 0.2) is 174 Å². The van der Waals surface area contributed by atoms with Crippen LogP contribution >= 0.6 is 0 Å². The zero-order chi connectivity index (χ0) is 32.1. The van der Waals surface area contributed by atoms with Crippen molar-refractivity contribution in [3.8, 4) is 22.5 Å². The van der Waals surface area contributed by atoms with E-state index in [0.717, 1.165) is 27.6 Å². The van der Waals surface area contributed by atoms with Gasteiger partial charge in [0.1, 0.15) is 11.2 Å². The summed E-state index contributed by atoms with van der Waals surface area (Å²) in [6.07, 6.45) is 0. The van der Waals surface area contributed by atoms with Crippen LogP contribution in [0.2, 0.25) is 0 Å². The van der Waals surface area contributed by atoms with Gasteiger partial charge in [0, 0.05) is 43.7 Å². The highest BCUT2D eigenvalue weighted by Crippen LogP contribution is 2.41. The fourth-order valence-corrected chi connectivity index (χ4v) is 8.02. The van der Waals surface area contributed by atoms with Gasteiger partial charge >= 0.3 is 0 Å². The molecule has 49 heavy (non-hydrogen) atoms. The van der Waals surface area contributed by atoms with Gasteiger partial charge in [0.2, 0.25) is 0 Å². The molecule has 3 nitrogen and oxygen atoms in total. The van der Waals surface area contributed by atoms with Crippen molar-refractivity contribution >= 4 is 76.3 Å². The molecule has 0 saturated heterocycles. The Bertz CT molecular complexity index is 3100. The summed E-state index contributed by atoms with van der Waals surface area (Å²) in [5.74, 6) is 0. The number of benzene rings is 8. The number of furan rings is 1. The van der Waals surface area contributed by atoms with Crippen molar-refractivity contribution in [3.63, 3.8) is 0 Å². The quantitative estimate of drug-likeness (QED) is 0.192. The predicted molar refractivity (Wildman–Crippen MR) is 205 cm³/mol. The third-order valence-electron chi connectivity index (χ3n) is 10.3. The fourth-order valence-electron chi connectivity index (χ4n) is 8.02. The molecule has 3 heterocycles. The Morgan fingerprint density at radius 1 is 0.306 bits per heavy atom. The Balaban J connectivity index is 1.14. The molecule has 0 spiro atoms. The van der Waals surface area contributed by atoms with Gasteiger partial charge in [0.25, 0.3) is 0 Å². The van der Waals surface area contributed by atoms with Gasteiger partial charge in [-0.2, -0.15) is 0 Å². The molecule has 3 heteroatoms. The van der Waals surface area contributed by atoms with Crippen LogP contribution in [0.5, 0.6) is 0 Å². The maximum absolute atomic E-state index is 6.38. The number of hydrogen-bond donors (Lipinski definition) is 0. The first-order chi connectivity index (χ1) is 24.3. The average Bonchev–Trinajstić information content (AvgIpc) is 3.80. The third-order valence-corrected chi connectivity index (χ3v) is 10.3. The predicted octanol–water partition coefficient (Wildman–Crippen LogP) is 12.6. The van der Waals surface area contributed by atoms with E-state index in [0.29, 0.717) is 0 Å². The second kappa shape index (κ2) is 9.96. The summed E-state index contributed by atoms with van der Waals surface area (Å²) in [7, 11) is 0. The first kappa shape index (κ1) is 26.5. The summed E-state index contributed by atoms with van der Waals surface area (Å²) >= 11 is 0. The van der Waals surface area contributed by atoms with Gasteiger partial charge in [0.15, 0.2) is 0 Å². The van der Waals surface area contributed by atoms with Gasteiger partial charge in [0.05, 0.1) is 22.1 Å². The second-order valence-corrected chi connectivity index (χ2v) is 13.0. The van der Waals surface area contributed by atoms with E-state index in [2.05, 4.69) is 173 Å². The molecule has 0 aliphatic rings. The summed E-state index contributed by atoms with van der Waals surface area (Å²) in [4.78, 5) is 0. The number of para-hydroxylation sites is 3. The van der Waals surface area contributed by atoms with E-state index in [1.807, 2.05) is 6.07 Å². The van der Waals surface area contributed by atoms with Crippen LogP contribution in [0, 0.1) is 0 Å². The van der Waals surface area contributed by atoms with Gasteiger partial charge in [-0.25, -0.2) is 0 Å². The van der Waals surface area contributed by atoms with E-state index in [1.54, 1.807) is 0 Å². The molecule has 0 N–H and O–H groups in total. The van der Waals surface area contributed by atoms with Crippen LogP contribution in [-0.2, 0) is 0 Å². The largest absolute Gasteiger partial charge is 0.456 e. The molecule has 0 amide bonds. The number of hydrogen-bond acceptors (Lipinski definition) is 1. The van der Waals surface area contributed by atoms with Crippen LogP contribution in [0.4, 0.5) is 0 Å². The first-order valence-electron chi connectivity index (χ1n) is 16.8. The van der Waals surface area contributed by atoms with Gasteiger partial charge in [-0.1, -0.05) is 97.1 Å². The number of nitrogens with zero attached hydrogens (tertiary/aromatic N) is 2. The molecule has 8 aromatic carbocycles. The maximum atomic E-state index is 6.38. The van der Waals surface area contributed by atoms with E-state index >= 15 is 0 Å². The summed E-state index contributed by atoms with van der Waals surface area (Å²) in [5, 5.41) is 9.65. The first-order valence-corrected chi connectivity index (χ1v) is 16.8. The maximum Gasteiger partial charge on any atom is 0.136 e. The van der Waals surface area contributed by atoms with E-state index in [1.165, 1.54) is 71.2 Å². The smallest absolute Gasteiger partial charge is 0.136 e. The fraction of sp³-hybridized carbons (Fsp3) is 0. The lowest BCUT2D eigenvalue weighted by Gasteiger charge is -2.10. The molecule has 11 rings (SSSR count). The third kappa shape index (κ3) is 3.84. The molecular formula is C46H28N2O. The van der Waals surface area contributed by atoms with Gasteiger partial charge in [-0.15, -0.1) is 0 Å². The Morgan fingerprint density at radius 2 is 0.918 bits per heavy atom. The van der Waals surface area contributed by atoms with Crippen molar-refractivity contribution in [2.75, 3.05) is 0 Å². The Kier molecular flexibility index (Phi) is 5.38. The summed E-state index contributed by atoms with van der Waals surface area (Å²) in [6, 6.07) is 61.4. The van der Waals surface area contributed by atoms with E-state index in [-0.39, 0.29) is 0 Å². The van der Waals surface area contributed by atoms with Crippen molar-refractivity contribution in [3.05, 3.63) is 170 Å². The molecule has 0 saturated carbocycles. The van der Waals surface area contributed by atoms with Crippen LogP contribution in [0.3, 0.4) is 0 Å². The molecule has 0 fully saturated rings. The second-order valence-electron chi connectivity index (χ2n) is 13.0. The molecule has 11 aromatic rings. The minimum Gasteiger partial charge on any atom is -0.456 e. The lowest BCUT2D eigenvalue weighted by Crippen LogP contribution is -1.94. The zero-order valence-electron chi connectivity index (χ0n) is 26.5. The van der Waals surface area contributed by atoms with Gasteiger partial charge < -0.3 is 13.6 Å². The van der Waals surface area contributed by atoms with E-state index < -0.39 is 0 Å². The summed E-state index contributed by atoms with van der Waals surface area (Å²) < 4.78 is 11.2. The van der Waals surface area contributed by atoms with E-state index in [9.17, 15) is 0 Å². The molecule has 228 valence electrons. The molecular weight excluding hydrogens is 597 g/mol. The van der Waals surface area contributed by atoms with Crippen molar-refractivity contribution in [1.29, 1.82) is 0 Å². The van der Waals surface area contributed by atoms with Crippen LogP contribution in [0.25, 0.3) is 98.8 Å². The molecule has 0 unspecified atom stereocenters. The molecule has 0 atom stereocenters. The van der Waals surface area contributed by atoms with Crippen molar-refractivity contribution in [2.24, 2.45) is 0 Å². The van der Waals surface area contributed by atoms with Crippen LogP contribution < -0.4 is 0 Å². The minimum atomic E-state index is 0.911. The topological polar surface area (TPSA) is 23.0 Å². The van der Waals surface area contributed by atoms with E-state index in [4.69, 9.17) is 4.42 Å². The highest BCUT2D eigenvalue weighted by Gasteiger charge is 2.18. The Hall–Kier alpha value is -6.58. The molecule has 0 aliphatic heterocycles. The molecule has 3 aromatic heterocycles. The van der Waals surface area contributed by atoms with Gasteiger partial charge in [-0.3, -0.25) is 0 Å². The number of aromatic nitrogens is 2. The monoisotopic (exact) mass is 624 g/mol. The standard InChI is InChI=1S/C46H28N2O/c1-2-12-33(13-3-1)47-43-23-20-32(26-38(43)39-28-46-40(27-44(39)47)36-15-7-9-17-45(36)49-46)31-19-22-42-37(25-31)35-14-6-8-16-41(35)48(42)34-21-18-29-10-4-5-11-30(29)24-34/h1-28H. The molecule has 0 radical (unpaired) electrons. The number of fused-ring (bicyclic) bond motifs is 10. The summed E-state index contributed by atoms with van der Waals surface area (Å²) in [6.45, 7) is 0. The average molecular weight is 625 g/mol. The van der Waals surface area contributed by atoms with Crippen molar-refractivity contribution in [1.82, 2.24) is 9.13 Å². The Labute approximate surface area is 281 Å². The normalized spacial score (nSPS) is 12.1. The molecule has 0 aliphatic carbocycles. The van der Waals surface area contributed by atoms with Crippen LogP contribution in [-0.4, -0.2) is 9.13 Å². The van der Waals surface area contributed by atoms with Crippen molar-refractivity contribution < 1.29 is 4.42 Å². The van der Waals surface area contributed by atoms with Crippen LogP contribution in [0.1, 0.15) is 0 Å². The van der Waals surface area contributed by atoms with Gasteiger partial charge in [-0.05, 0) is 94.7 Å². The zero-order valence-corrected chi connectivity index (χ0v) is 26.5.